The van der Waals surface area contributed by atoms with Gasteiger partial charge < -0.3 is 0 Å². The molecule has 1 saturated heterocycles. The van der Waals surface area contributed by atoms with E-state index in [1.807, 2.05) is 6.08 Å². The molecule has 4 atom stereocenters. The number of hydrogen-bond acceptors (Lipinski definition) is 4. The van der Waals surface area contributed by atoms with Gasteiger partial charge in [-0.05, 0) is 67.5 Å². The van der Waals surface area contributed by atoms with Gasteiger partial charge in [0.25, 0.3) is 0 Å². The Morgan fingerprint density at radius 1 is 1.21 bits per heavy atom. The molecule has 0 amide bonds. The van der Waals surface area contributed by atoms with Gasteiger partial charge in [-0.15, -0.1) is 6.58 Å². The summed E-state index contributed by atoms with van der Waals surface area (Å²) < 4.78 is 71.3. The van der Waals surface area contributed by atoms with Crippen LogP contribution in [-0.4, -0.2) is 30.6 Å². The largest absolute Gasteiger partial charge is 0.246 e. The zero-order chi connectivity index (χ0) is 23.8. The summed E-state index contributed by atoms with van der Waals surface area (Å²) in [5.74, 6) is -1.39. The van der Waals surface area contributed by atoms with Crippen LogP contribution >= 0.6 is 11.9 Å². The van der Waals surface area contributed by atoms with Gasteiger partial charge >= 0.3 is 0 Å². The van der Waals surface area contributed by atoms with E-state index in [1.54, 1.807) is 11.9 Å². The third-order valence-electron chi connectivity index (χ3n) is 6.93. The van der Waals surface area contributed by atoms with Crippen LogP contribution in [-0.2, 0) is 21.3 Å². The first-order valence-corrected chi connectivity index (χ1v) is 13.4. The number of sulfone groups is 1. The van der Waals surface area contributed by atoms with E-state index in [0.717, 1.165) is 24.6 Å². The summed E-state index contributed by atoms with van der Waals surface area (Å²) in [6, 6.07) is 8.79. The molecule has 0 aromatic heterocycles. The van der Waals surface area contributed by atoms with Crippen LogP contribution in [0, 0.1) is 17.6 Å². The first kappa shape index (κ1) is 24.4. The average Bonchev–Trinajstić information content (AvgIpc) is 2.80. The summed E-state index contributed by atoms with van der Waals surface area (Å²) in [7, 11) is -4.11. The van der Waals surface area contributed by atoms with Crippen molar-refractivity contribution in [3.63, 3.8) is 0 Å². The molecule has 1 aliphatic carbocycles. The molecule has 0 radical (unpaired) electrons. The number of benzene rings is 2. The first-order chi connectivity index (χ1) is 15.7. The minimum atomic E-state index is -4.11. The lowest BCUT2D eigenvalue weighted by molar-refractivity contribution is 0.145. The fourth-order valence-electron chi connectivity index (χ4n) is 5.45. The van der Waals surface area contributed by atoms with E-state index < -0.39 is 32.9 Å². The molecular formula is C25H28F3NO2S2. The second-order valence-electron chi connectivity index (χ2n) is 9.01. The molecule has 33 heavy (non-hydrogen) atoms. The molecule has 2 aromatic rings. The number of rotatable bonds is 6. The Balaban J connectivity index is 1.84. The molecule has 2 aromatic carbocycles. The molecule has 8 heteroatoms. The topological polar surface area (TPSA) is 37.4 Å². The van der Waals surface area contributed by atoms with Crippen molar-refractivity contribution in [2.24, 2.45) is 5.92 Å². The Morgan fingerprint density at radius 3 is 2.61 bits per heavy atom. The zero-order valence-corrected chi connectivity index (χ0v) is 20.1. The summed E-state index contributed by atoms with van der Waals surface area (Å²) in [6.07, 6.45) is 3.53. The molecule has 1 heterocycles. The zero-order valence-electron chi connectivity index (χ0n) is 18.5. The first-order valence-electron chi connectivity index (χ1n) is 11.1. The summed E-state index contributed by atoms with van der Waals surface area (Å²) >= 11 is 1.75. The minimum Gasteiger partial charge on any atom is -0.246 e. The van der Waals surface area contributed by atoms with E-state index in [4.69, 9.17) is 0 Å². The van der Waals surface area contributed by atoms with Crippen molar-refractivity contribution in [1.29, 1.82) is 0 Å². The lowest BCUT2D eigenvalue weighted by atomic mass is 9.72. The van der Waals surface area contributed by atoms with Crippen LogP contribution in [0.3, 0.4) is 0 Å². The average molecular weight is 496 g/mol. The van der Waals surface area contributed by atoms with Crippen molar-refractivity contribution in [2.75, 3.05) is 6.54 Å². The molecule has 0 N–H and O–H groups in total. The van der Waals surface area contributed by atoms with E-state index in [-0.39, 0.29) is 40.5 Å². The Bertz CT molecular complexity index is 1120. The van der Waals surface area contributed by atoms with Gasteiger partial charge in [0, 0.05) is 23.4 Å². The van der Waals surface area contributed by atoms with E-state index in [9.17, 15) is 17.2 Å². The third-order valence-corrected chi connectivity index (χ3v) is 10.7. The highest BCUT2D eigenvalue weighted by Gasteiger charge is 2.54. The molecule has 178 valence electrons. The van der Waals surface area contributed by atoms with Crippen LogP contribution in [0.25, 0.3) is 0 Å². The standard InChI is InChI=1S/C25H28F3NO2S2/c1-3-12-29-24-10-11-25(15-19(24)13-17(2)32-29,22-14-20(27)6-9-23(22)28)33(30,31)21-7-4-18(16-26)5-8-21/h3-9,14,17,19,24H,1,10-13,15-16H2,2H3/t17?,19-,24+,25-/m1/s1. The van der Waals surface area contributed by atoms with Gasteiger partial charge in [0.05, 0.1) is 4.90 Å². The van der Waals surface area contributed by atoms with E-state index in [0.29, 0.717) is 18.5 Å². The molecule has 2 fully saturated rings. The van der Waals surface area contributed by atoms with Gasteiger partial charge in [0.2, 0.25) is 0 Å². The summed E-state index contributed by atoms with van der Waals surface area (Å²) in [4.78, 5) is 0.00277. The van der Waals surface area contributed by atoms with E-state index >= 15 is 4.39 Å². The van der Waals surface area contributed by atoms with Crippen LogP contribution < -0.4 is 0 Å². The van der Waals surface area contributed by atoms with Crippen LogP contribution in [0.5, 0.6) is 0 Å². The van der Waals surface area contributed by atoms with Crippen molar-refractivity contribution in [1.82, 2.24) is 4.31 Å². The summed E-state index contributed by atoms with van der Waals surface area (Å²) in [6.45, 7) is 5.91. The second kappa shape index (κ2) is 9.47. The normalized spacial score (nSPS) is 28.3. The Labute approximate surface area is 198 Å². The Kier molecular flexibility index (Phi) is 6.99. The van der Waals surface area contributed by atoms with Crippen LogP contribution in [0.4, 0.5) is 13.2 Å². The molecule has 1 saturated carbocycles. The van der Waals surface area contributed by atoms with Crippen molar-refractivity contribution in [2.45, 2.75) is 60.2 Å². The van der Waals surface area contributed by atoms with Crippen LogP contribution in [0.15, 0.2) is 60.0 Å². The maximum Gasteiger partial charge on any atom is 0.188 e. The van der Waals surface area contributed by atoms with Gasteiger partial charge in [-0.3, -0.25) is 0 Å². The highest BCUT2D eigenvalue weighted by molar-refractivity contribution is 7.97. The van der Waals surface area contributed by atoms with Crippen LogP contribution in [0.2, 0.25) is 0 Å². The van der Waals surface area contributed by atoms with Gasteiger partial charge in [-0.25, -0.2) is 25.9 Å². The smallest absolute Gasteiger partial charge is 0.188 e. The van der Waals surface area contributed by atoms with Gasteiger partial charge in [0.15, 0.2) is 9.84 Å². The van der Waals surface area contributed by atoms with Crippen molar-refractivity contribution in [3.8, 4) is 0 Å². The van der Waals surface area contributed by atoms with E-state index in [2.05, 4.69) is 17.8 Å². The molecule has 3 nitrogen and oxygen atoms in total. The number of alkyl halides is 1. The maximum atomic E-state index is 15.2. The van der Waals surface area contributed by atoms with Crippen molar-refractivity contribution >= 4 is 21.8 Å². The van der Waals surface area contributed by atoms with Crippen LogP contribution in [0.1, 0.15) is 43.7 Å². The highest BCUT2D eigenvalue weighted by Crippen LogP contribution is 2.54. The predicted molar refractivity (Wildman–Crippen MR) is 126 cm³/mol. The molecule has 0 spiro atoms. The molecule has 1 aliphatic heterocycles. The number of halogens is 3. The van der Waals surface area contributed by atoms with Crippen molar-refractivity contribution in [3.05, 3.63) is 77.9 Å². The van der Waals surface area contributed by atoms with Crippen molar-refractivity contribution < 1.29 is 21.6 Å². The van der Waals surface area contributed by atoms with Gasteiger partial charge in [-0.2, -0.15) is 0 Å². The number of fused-ring (bicyclic) bond motifs is 1. The number of nitrogens with zero attached hydrogens (tertiary/aromatic N) is 1. The molecular weight excluding hydrogens is 467 g/mol. The quantitative estimate of drug-likeness (QED) is 0.353. The Hall–Kier alpha value is -1.77. The monoisotopic (exact) mass is 495 g/mol. The Morgan fingerprint density at radius 2 is 1.94 bits per heavy atom. The third kappa shape index (κ3) is 4.37. The lowest BCUT2D eigenvalue weighted by Gasteiger charge is -2.51. The lowest BCUT2D eigenvalue weighted by Crippen LogP contribution is -2.52. The fourth-order valence-corrected chi connectivity index (χ4v) is 9.08. The molecule has 0 bridgehead atoms. The molecule has 4 rings (SSSR count). The summed E-state index contributed by atoms with van der Waals surface area (Å²) in [5, 5.41) is 0.269. The van der Waals surface area contributed by atoms with Gasteiger partial charge in [-0.1, -0.05) is 37.1 Å². The molecule has 1 unspecified atom stereocenters. The maximum absolute atomic E-state index is 15.2. The van der Waals surface area contributed by atoms with E-state index in [1.165, 1.54) is 24.3 Å². The number of hydrogen-bond donors (Lipinski definition) is 0. The molecule has 2 aliphatic rings. The minimum absolute atomic E-state index is 0.00231. The van der Waals surface area contributed by atoms with Gasteiger partial charge in [0.1, 0.15) is 23.1 Å². The summed E-state index contributed by atoms with van der Waals surface area (Å²) in [5.41, 5.74) is 0.249. The fraction of sp³-hybridized carbons (Fsp3) is 0.440. The predicted octanol–water partition coefficient (Wildman–Crippen LogP) is 6.20. The highest BCUT2D eigenvalue weighted by atomic mass is 32.2. The second-order valence-corrected chi connectivity index (χ2v) is 12.8. The SMILES string of the molecule is C=CCN1SC(C)C[C@@H]2C[C@](c3cc(F)ccc3F)(S(=O)(=O)c3ccc(CF)cc3)CC[C@@H]21.